The van der Waals surface area contributed by atoms with E-state index in [0.29, 0.717) is 6.10 Å². The maximum atomic E-state index is 5.87. The smallest absolute Gasteiger partial charge is 0.0829 e. The van der Waals surface area contributed by atoms with E-state index in [1.54, 1.807) is 0 Å². The molecule has 2 saturated heterocycles. The monoisotopic (exact) mass is 255 g/mol. The van der Waals surface area contributed by atoms with Gasteiger partial charge in [0.2, 0.25) is 0 Å². The molecule has 4 heteroatoms. The van der Waals surface area contributed by atoms with Crippen LogP contribution in [0.25, 0.3) is 0 Å². The van der Waals surface area contributed by atoms with E-state index in [0.717, 1.165) is 38.7 Å². The second-order valence-corrected chi connectivity index (χ2v) is 5.80. The molecule has 1 atom stereocenters. The molecule has 2 fully saturated rings. The summed E-state index contributed by atoms with van der Waals surface area (Å²) in [6.07, 6.45) is 3.07. The Labute approximate surface area is 112 Å². The lowest BCUT2D eigenvalue weighted by Gasteiger charge is -2.35. The van der Waals surface area contributed by atoms with Gasteiger partial charge in [-0.25, -0.2) is 0 Å². The van der Waals surface area contributed by atoms with Gasteiger partial charge in [0.05, 0.1) is 12.7 Å². The molecule has 4 nitrogen and oxygen atoms in total. The zero-order chi connectivity index (χ0) is 12.8. The fourth-order valence-electron chi connectivity index (χ4n) is 3.11. The highest BCUT2D eigenvalue weighted by Gasteiger charge is 2.22. The molecule has 0 aromatic heterocycles. The SMILES string of the molecule is CCN1CCOC(CN(C)CC2CCNCC2)C1. The zero-order valence-corrected chi connectivity index (χ0v) is 12.0. The van der Waals surface area contributed by atoms with Gasteiger partial charge in [0.25, 0.3) is 0 Å². The van der Waals surface area contributed by atoms with Crippen LogP contribution in [0, 0.1) is 5.92 Å². The summed E-state index contributed by atoms with van der Waals surface area (Å²) in [6, 6.07) is 0. The molecule has 0 aromatic rings. The first-order valence-electron chi connectivity index (χ1n) is 7.51. The van der Waals surface area contributed by atoms with Gasteiger partial charge in [-0.15, -0.1) is 0 Å². The molecule has 0 amide bonds. The van der Waals surface area contributed by atoms with Gasteiger partial charge in [0.15, 0.2) is 0 Å². The highest BCUT2D eigenvalue weighted by atomic mass is 16.5. The van der Waals surface area contributed by atoms with Crippen LogP contribution in [0.4, 0.5) is 0 Å². The maximum Gasteiger partial charge on any atom is 0.0829 e. The number of hydrogen-bond acceptors (Lipinski definition) is 4. The second-order valence-electron chi connectivity index (χ2n) is 5.80. The highest BCUT2D eigenvalue weighted by Crippen LogP contribution is 2.14. The Hall–Kier alpha value is -0.160. The topological polar surface area (TPSA) is 27.7 Å². The molecular weight excluding hydrogens is 226 g/mol. The minimum atomic E-state index is 0.408. The third kappa shape index (κ3) is 4.50. The average Bonchev–Trinajstić information content (AvgIpc) is 2.40. The first kappa shape index (κ1) is 14.3. The molecule has 0 bridgehead atoms. The quantitative estimate of drug-likeness (QED) is 0.780. The predicted molar refractivity (Wildman–Crippen MR) is 74.9 cm³/mol. The lowest BCUT2D eigenvalue weighted by atomic mass is 9.97. The number of rotatable bonds is 5. The van der Waals surface area contributed by atoms with Crippen LogP contribution in [0.15, 0.2) is 0 Å². The first-order valence-corrected chi connectivity index (χ1v) is 7.51. The van der Waals surface area contributed by atoms with Crippen molar-refractivity contribution in [3.8, 4) is 0 Å². The van der Waals surface area contributed by atoms with Crippen molar-refractivity contribution in [1.29, 1.82) is 0 Å². The van der Waals surface area contributed by atoms with Crippen molar-refractivity contribution in [1.82, 2.24) is 15.1 Å². The summed E-state index contributed by atoms with van der Waals surface area (Å²) in [4.78, 5) is 4.96. The van der Waals surface area contributed by atoms with Crippen molar-refractivity contribution in [2.45, 2.75) is 25.9 Å². The van der Waals surface area contributed by atoms with Crippen LogP contribution in [0.3, 0.4) is 0 Å². The standard InChI is InChI=1S/C14H29N3O/c1-3-17-8-9-18-14(12-17)11-16(2)10-13-4-6-15-7-5-13/h13-15H,3-12H2,1-2H3. The maximum absolute atomic E-state index is 5.87. The fraction of sp³-hybridized carbons (Fsp3) is 1.00. The fourth-order valence-corrected chi connectivity index (χ4v) is 3.11. The molecule has 0 aliphatic carbocycles. The lowest BCUT2D eigenvalue weighted by Crippen LogP contribution is -2.47. The average molecular weight is 255 g/mol. The van der Waals surface area contributed by atoms with Crippen molar-refractivity contribution in [2.75, 3.05) is 59.5 Å². The third-order valence-corrected chi connectivity index (χ3v) is 4.21. The molecule has 0 radical (unpaired) electrons. The number of likely N-dealkylation sites (N-methyl/N-ethyl adjacent to an activating group) is 2. The van der Waals surface area contributed by atoms with Crippen LogP contribution in [-0.4, -0.2) is 75.4 Å². The van der Waals surface area contributed by atoms with Crippen LogP contribution in [-0.2, 0) is 4.74 Å². The second kappa shape index (κ2) is 7.43. The van der Waals surface area contributed by atoms with Gasteiger partial charge < -0.3 is 15.0 Å². The van der Waals surface area contributed by atoms with E-state index in [2.05, 4.69) is 29.1 Å². The van der Waals surface area contributed by atoms with Crippen molar-refractivity contribution in [3.05, 3.63) is 0 Å². The van der Waals surface area contributed by atoms with Gasteiger partial charge >= 0.3 is 0 Å². The normalized spacial score (nSPS) is 27.8. The lowest BCUT2D eigenvalue weighted by molar-refractivity contribution is -0.0405. The van der Waals surface area contributed by atoms with E-state index in [1.165, 1.54) is 32.5 Å². The van der Waals surface area contributed by atoms with Crippen LogP contribution in [0.2, 0.25) is 0 Å². The van der Waals surface area contributed by atoms with Gasteiger partial charge in [0, 0.05) is 26.2 Å². The molecule has 2 aliphatic heterocycles. The summed E-state index contributed by atoms with van der Waals surface area (Å²) >= 11 is 0. The number of piperidine rings is 1. The van der Waals surface area contributed by atoms with E-state index < -0.39 is 0 Å². The number of nitrogens with one attached hydrogen (secondary N) is 1. The Kier molecular flexibility index (Phi) is 5.89. The van der Waals surface area contributed by atoms with Crippen molar-refractivity contribution >= 4 is 0 Å². The molecule has 2 rings (SSSR count). The van der Waals surface area contributed by atoms with E-state index in [-0.39, 0.29) is 0 Å². The van der Waals surface area contributed by atoms with Crippen molar-refractivity contribution in [3.63, 3.8) is 0 Å². The van der Waals surface area contributed by atoms with Gasteiger partial charge in [-0.2, -0.15) is 0 Å². The summed E-state index contributed by atoms with van der Waals surface area (Å²) < 4.78 is 5.87. The molecule has 106 valence electrons. The molecule has 1 unspecified atom stereocenters. The highest BCUT2D eigenvalue weighted by molar-refractivity contribution is 4.76. The largest absolute Gasteiger partial charge is 0.374 e. The van der Waals surface area contributed by atoms with Gasteiger partial charge in [-0.3, -0.25) is 4.90 Å². The molecule has 2 aliphatic rings. The molecular formula is C14H29N3O. The number of ether oxygens (including phenoxy) is 1. The third-order valence-electron chi connectivity index (χ3n) is 4.21. The summed E-state index contributed by atoms with van der Waals surface area (Å²) in [5, 5.41) is 3.43. The summed E-state index contributed by atoms with van der Waals surface area (Å²) in [5.41, 5.74) is 0. The van der Waals surface area contributed by atoms with Crippen LogP contribution < -0.4 is 5.32 Å². The molecule has 18 heavy (non-hydrogen) atoms. The van der Waals surface area contributed by atoms with E-state index in [9.17, 15) is 0 Å². The van der Waals surface area contributed by atoms with E-state index in [1.807, 2.05) is 0 Å². The van der Waals surface area contributed by atoms with Gasteiger partial charge in [0.1, 0.15) is 0 Å². The Balaban J connectivity index is 1.67. The van der Waals surface area contributed by atoms with Gasteiger partial charge in [-0.05, 0) is 45.4 Å². The zero-order valence-electron chi connectivity index (χ0n) is 12.0. The Morgan fingerprint density at radius 3 is 2.78 bits per heavy atom. The summed E-state index contributed by atoms with van der Waals surface area (Å²) in [7, 11) is 2.25. The summed E-state index contributed by atoms with van der Waals surface area (Å²) in [6.45, 7) is 11.2. The predicted octanol–water partition coefficient (Wildman–Crippen LogP) is 0.639. The van der Waals surface area contributed by atoms with Gasteiger partial charge in [-0.1, -0.05) is 6.92 Å². The van der Waals surface area contributed by atoms with E-state index in [4.69, 9.17) is 4.74 Å². The number of nitrogens with zero attached hydrogens (tertiary/aromatic N) is 2. The molecule has 2 heterocycles. The minimum absolute atomic E-state index is 0.408. The van der Waals surface area contributed by atoms with Crippen molar-refractivity contribution < 1.29 is 4.74 Å². The Morgan fingerprint density at radius 1 is 1.28 bits per heavy atom. The molecule has 1 N–H and O–H groups in total. The molecule has 0 aromatic carbocycles. The summed E-state index contributed by atoms with van der Waals surface area (Å²) in [5.74, 6) is 0.877. The van der Waals surface area contributed by atoms with Crippen LogP contribution >= 0.6 is 0 Å². The minimum Gasteiger partial charge on any atom is -0.374 e. The van der Waals surface area contributed by atoms with Crippen LogP contribution in [0.1, 0.15) is 19.8 Å². The van der Waals surface area contributed by atoms with E-state index >= 15 is 0 Å². The first-order chi connectivity index (χ1) is 8.78. The number of morpholine rings is 1. The Bertz CT molecular complexity index is 231. The molecule has 0 spiro atoms. The Morgan fingerprint density at radius 2 is 2.06 bits per heavy atom. The molecule has 0 saturated carbocycles. The number of hydrogen-bond donors (Lipinski definition) is 1. The van der Waals surface area contributed by atoms with Crippen molar-refractivity contribution in [2.24, 2.45) is 5.92 Å². The van der Waals surface area contributed by atoms with Crippen LogP contribution in [0.5, 0.6) is 0 Å².